The smallest absolute Gasteiger partial charge is 0.0733 e. The van der Waals surface area contributed by atoms with Gasteiger partial charge in [-0.25, -0.2) is 0 Å². The molecule has 0 aliphatic heterocycles. The molecule has 0 aliphatic rings. The van der Waals surface area contributed by atoms with Gasteiger partial charge in [-0.15, -0.1) is 11.8 Å². The van der Waals surface area contributed by atoms with Gasteiger partial charge in [0.05, 0.1) is 12.3 Å². The highest BCUT2D eigenvalue weighted by Gasteiger charge is 2.02. The summed E-state index contributed by atoms with van der Waals surface area (Å²) in [6, 6.07) is 5.99. The van der Waals surface area contributed by atoms with Gasteiger partial charge in [-0.2, -0.15) is 0 Å². The monoisotopic (exact) mass is 183 g/mol. The zero-order valence-electron chi connectivity index (χ0n) is 7.33. The minimum absolute atomic E-state index is 0.584. The first-order valence-electron chi connectivity index (χ1n) is 3.70. The van der Waals surface area contributed by atoms with Crippen LogP contribution in [-0.2, 0) is 11.3 Å². The van der Waals surface area contributed by atoms with Crippen LogP contribution in [0.1, 0.15) is 5.56 Å². The molecule has 3 heteroatoms. The van der Waals surface area contributed by atoms with Crippen molar-refractivity contribution in [2.24, 2.45) is 0 Å². The van der Waals surface area contributed by atoms with Crippen molar-refractivity contribution in [3.63, 3.8) is 0 Å². The summed E-state index contributed by atoms with van der Waals surface area (Å²) in [4.78, 5) is 1.12. The zero-order valence-corrected chi connectivity index (χ0v) is 8.15. The molecule has 0 fully saturated rings. The van der Waals surface area contributed by atoms with Gasteiger partial charge in [0.2, 0.25) is 0 Å². The Balaban J connectivity index is 2.97. The molecule has 0 saturated heterocycles. The molecule has 2 N–H and O–H groups in total. The first-order chi connectivity index (χ1) is 5.79. The highest BCUT2D eigenvalue weighted by Crippen LogP contribution is 2.25. The Morgan fingerprint density at radius 2 is 2.25 bits per heavy atom. The van der Waals surface area contributed by atoms with E-state index in [-0.39, 0.29) is 0 Å². The van der Waals surface area contributed by atoms with Gasteiger partial charge in [-0.05, 0) is 12.3 Å². The van der Waals surface area contributed by atoms with Crippen LogP contribution >= 0.6 is 11.8 Å². The van der Waals surface area contributed by atoms with Crippen LogP contribution in [0.2, 0.25) is 0 Å². The van der Waals surface area contributed by atoms with Gasteiger partial charge in [-0.1, -0.05) is 12.1 Å². The fraction of sp³-hybridized carbons (Fsp3) is 0.333. The normalized spacial score (nSPS) is 10.2. The second-order valence-electron chi connectivity index (χ2n) is 2.47. The Morgan fingerprint density at radius 3 is 2.83 bits per heavy atom. The lowest BCUT2D eigenvalue weighted by atomic mass is 10.2. The molecule has 66 valence electrons. The summed E-state index contributed by atoms with van der Waals surface area (Å²) in [6.45, 7) is 0.584. The van der Waals surface area contributed by atoms with Crippen molar-refractivity contribution in [3.8, 4) is 0 Å². The maximum Gasteiger partial charge on any atom is 0.0733 e. The maximum atomic E-state index is 5.88. The lowest BCUT2D eigenvalue weighted by Crippen LogP contribution is -1.97. The third kappa shape index (κ3) is 1.93. The topological polar surface area (TPSA) is 35.2 Å². The summed E-state index contributed by atoms with van der Waals surface area (Å²) in [6.07, 6.45) is 2.02. The van der Waals surface area contributed by atoms with E-state index in [1.165, 1.54) is 0 Å². The summed E-state index contributed by atoms with van der Waals surface area (Å²) < 4.78 is 5.02. The van der Waals surface area contributed by atoms with Crippen molar-refractivity contribution in [1.29, 1.82) is 0 Å². The molecular weight excluding hydrogens is 170 g/mol. The largest absolute Gasteiger partial charge is 0.398 e. The number of hydrogen-bond acceptors (Lipinski definition) is 3. The van der Waals surface area contributed by atoms with Gasteiger partial charge in [0.15, 0.2) is 0 Å². The molecule has 0 aromatic heterocycles. The second-order valence-corrected chi connectivity index (χ2v) is 3.31. The van der Waals surface area contributed by atoms with E-state index in [1.54, 1.807) is 18.9 Å². The van der Waals surface area contributed by atoms with E-state index < -0.39 is 0 Å². The SMILES string of the molecule is COCc1cccc(SC)c1N. The van der Waals surface area contributed by atoms with Crippen LogP contribution in [0.5, 0.6) is 0 Å². The van der Waals surface area contributed by atoms with Gasteiger partial charge in [0, 0.05) is 17.6 Å². The van der Waals surface area contributed by atoms with Gasteiger partial charge < -0.3 is 10.5 Å². The van der Waals surface area contributed by atoms with E-state index in [2.05, 4.69) is 0 Å². The Kier molecular flexibility index (Phi) is 3.44. The lowest BCUT2D eigenvalue weighted by molar-refractivity contribution is 0.185. The number of anilines is 1. The Hall–Kier alpha value is -0.670. The molecule has 0 heterocycles. The van der Waals surface area contributed by atoms with Crippen molar-refractivity contribution in [2.45, 2.75) is 11.5 Å². The number of methoxy groups -OCH3 is 1. The summed E-state index contributed by atoms with van der Waals surface area (Å²) in [5, 5.41) is 0. The molecule has 1 rings (SSSR count). The minimum Gasteiger partial charge on any atom is -0.398 e. The standard InChI is InChI=1S/C9H13NOS/c1-11-6-7-4-3-5-8(12-2)9(7)10/h3-5H,6,10H2,1-2H3. The predicted octanol–water partition coefficient (Wildman–Crippen LogP) is 2.14. The van der Waals surface area contributed by atoms with E-state index >= 15 is 0 Å². The molecule has 0 bridgehead atoms. The van der Waals surface area contributed by atoms with Crippen molar-refractivity contribution in [3.05, 3.63) is 23.8 Å². The van der Waals surface area contributed by atoms with Crippen LogP contribution in [0.3, 0.4) is 0 Å². The second kappa shape index (κ2) is 4.38. The number of nitrogen functional groups attached to an aromatic ring is 1. The van der Waals surface area contributed by atoms with E-state index in [4.69, 9.17) is 10.5 Å². The Morgan fingerprint density at radius 1 is 1.50 bits per heavy atom. The van der Waals surface area contributed by atoms with Crippen LogP contribution in [0.4, 0.5) is 5.69 Å². The van der Waals surface area contributed by atoms with Gasteiger partial charge in [-0.3, -0.25) is 0 Å². The first-order valence-corrected chi connectivity index (χ1v) is 4.92. The molecule has 0 spiro atoms. The average molecular weight is 183 g/mol. The summed E-state index contributed by atoms with van der Waals surface area (Å²) in [5.74, 6) is 0. The van der Waals surface area contributed by atoms with Crippen LogP contribution in [0, 0.1) is 0 Å². The number of thioether (sulfide) groups is 1. The number of para-hydroxylation sites is 1. The third-order valence-electron chi connectivity index (χ3n) is 1.68. The molecule has 0 radical (unpaired) electrons. The highest BCUT2D eigenvalue weighted by molar-refractivity contribution is 7.98. The van der Waals surface area contributed by atoms with Gasteiger partial charge in [0.1, 0.15) is 0 Å². The van der Waals surface area contributed by atoms with E-state index in [0.717, 1.165) is 16.1 Å². The quantitative estimate of drug-likeness (QED) is 0.576. The molecule has 12 heavy (non-hydrogen) atoms. The van der Waals surface area contributed by atoms with Crippen LogP contribution in [0.25, 0.3) is 0 Å². The van der Waals surface area contributed by atoms with E-state index in [1.807, 2.05) is 24.5 Å². The summed E-state index contributed by atoms with van der Waals surface area (Å²) in [7, 11) is 1.67. The predicted molar refractivity (Wildman–Crippen MR) is 53.3 cm³/mol. The number of nitrogens with two attached hydrogens (primary N) is 1. The lowest BCUT2D eigenvalue weighted by Gasteiger charge is -2.07. The molecular formula is C9H13NOS. The fourth-order valence-corrected chi connectivity index (χ4v) is 1.61. The molecule has 0 amide bonds. The molecule has 2 nitrogen and oxygen atoms in total. The number of benzene rings is 1. The van der Waals surface area contributed by atoms with Crippen LogP contribution in [-0.4, -0.2) is 13.4 Å². The fourth-order valence-electron chi connectivity index (χ4n) is 1.05. The van der Waals surface area contributed by atoms with Crippen molar-refractivity contribution < 1.29 is 4.74 Å². The Bertz CT molecular complexity index is 263. The maximum absolute atomic E-state index is 5.88. The van der Waals surface area contributed by atoms with Crippen LogP contribution < -0.4 is 5.73 Å². The molecule has 1 aromatic rings. The molecule has 0 saturated carbocycles. The van der Waals surface area contributed by atoms with Crippen molar-refractivity contribution in [1.82, 2.24) is 0 Å². The molecule has 0 atom stereocenters. The zero-order chi connectivity index (χ0) is 8.97. The number of ether oxygens (including phenoxy) is 1. The average Bonchev–Trinajstić information content (AvgIpc) is 2.09. The van der Waals surface area contributed by atoms with E-state index in [9.17, 15) is 0 Å². The number of hydrogen-bond donors (Lipinski definition) is 1. The molecule has 0 aliphatic carbocycles. The summed E-state index contributed by atoms with van der Waals surface area (Å²) >= 11 is 1.65. The molecule has 1 aromatic carbocycles. The Labute approximate surface area is 77.1 Å². The van der Waals surface area contributed by atoms with Crippen LogP contribution in [0.15, 0.2) is 23.1 Å². The van der Waals surface area contributed by atoms with E-state index in [0.29, 0.717) is 6.61 Å². The summed E-state index contributed by atoms with van der Waals surface area (Å²) in [5.41, 5.74) is 7.78. The number of rotatable bonds is 3. The minimum atomic E-state index is 0.584. The van der Waals surface area contributed by atoms with Crippen molar-refractivity contribution in [2.75, 3.05) is 19.1 Å². The first kappa shape index (κ1) is 9.42. The van der Waals surface area contributed by atoms with Gasteiger partial charge >= 0.3 is 0 Å². The van der Waals surface area contributed by atoms with Crippen molar-refractivity contribution >= 4 is 17.4 Å². The molecule has 0 unspecified atom stereocenters. The van der Waals surface area contributed by atoms with Gasteiger partial charge in [0.25, 0.3) is 0 Å². The third-order valence-corrected chi connectivity index (χ3v) is 2.47. The highest BCUT2D eigenvalue weighted by atomic mass is 32.2.